The number of carboxylic acids is 1. The summed E-state index contributed by atoms with van der Waals surface area (Å²) in [6.07, 6.45) is 1.76. The molecule has 0 unspecified atom stereocenters. The second-order valence-electron chi connectivity index (χ2n) is 3.92. The SMILES string of the molecule is Cc1cc(CC(=O)O)c(-c2ccccc2)cn1. The number of benzene rings is 1. The van der Waals surface area contributed by atoms with Crippen molar-refractivity contribution in [1.29, 1.82) is 0 Å². The Labute approximate surface area is 99.8 Å². The molecule has 0 saturated heterocycles. The molecule has 2 rings (SSSR count). The van der Waals surface area contributed by atoms with Gasteiger partial charge in [0, 0.05) is 17.5 Å². The Hall–Kier alpha value is -2.16. The first-order valence-corrected chi connectivity index (χ1v) is 5.39. The van der Waals surface area contributed by atoms with E-state index in [0.717, 1.165) is 22.4 Å². The van der Waals surface area contributed by atoms with Crippen LogP contribution in [-0.2, 0) is 11.2 Å². The molecular formula is C14H13NO2. The maximum absolute atomic E-state index is 10.8. The summed E-state index contributed by atoms with van der Waals surface area (Å²) in [6, 6.07) is 11.5. The average molecular weight is 227 g/mol. The summed E-state index contributed by atoms with van der Waals surface area (Å²) >= 11 is 0. The van der Waals surface area contributed by atoms with Gasteiger partial charge >= 0.3 is 5.97 Å². The molecule has 86 valence electrons. The molecule has 3 nitrogen and oxygen atoms in total. The number of aromatic nitrogens is 1. The lowest BCUT2D eigenvalue weighted by atomic mass is 9.99. The van der Waals surface area contributed by atoms with Crippen LogP contribution in [0.4, 0.5) is 0 Å². The Kier molecular flexibility index (Phi) is 3.19. The highest BCUT2D eigenvalue weighted by Gasteiger charge is 2.09. The zero-order valence-electron chi connectivity index (χ0n) is 9.55. The van der Waals surface area contributed by atoms with Crippen LogP contribution >= 0.6 is 0 Å². The van der Waals surface area contributed by atoms with Gasteiger partial charge in [-0.2, -0.15) is 0 Å². The Morgan fingerprint density at radius 2 is 2.00 bits per heavy atom. The van der Waals surface area contributed by atoms with E-state index in [1.807, 2.05) is 43.3 Å². The van der Waals surface area contributed by atoms with Crippen LogP contribution < -0.4 is 0 Å². The number of pyridine rings is 1. The minimum Gasteiger partial charge on any atom is -0.481 e. The molecule has 1 aromatic carbocycles. The molecule has 0 amide bonds. The third-order valence-electron chi connectivity index (χ3n) is 2.55. The molecule has 1 N–H and O–H groups in total. The lowest BCUT2D eigenvalue weighted by Gasteiger charge is -2.08. The first-order valence-electron chi connectivity index (χ1n) is 5.39. The second kappa shape index (κ2) is 4.78. The first kappa shape index (κ1) is 11.3. The second-order valence-corrected chi connectivity index (χ2v) is 3.92. The summed E-state index contributed by atoms with van der Waals surface area (Å²) < 4.78 is 0. The number of rotatable bonds is 3. The van der Waals surface area contributed by atoms with E-state index in [2.05, 4.69) is 4.98 Å². The first-order chi connectivity index (χ1) is 8.16. The van der Waals surface area contributed by atoms with E-state index < -0.39 is 5.97 Å². The van der Waals surface area contributed by atoms with Gasteiger partial charge in [-0.05, 0) is 24.1 Å². The zero-order valence-corrected chi connectivity index (χ0v) is 9.55. The number of aryl methyl sites for hydroxylation is 1. The molecule has 0 aliphatic heterocycles. The average Bonchev–Trinajstić information content (AvgIpc) is 2.29. The Morgan fingerprint density at radius 3 is 2.65 bits per heavy atom. The third-order valence-corrected chi connectivity index (χ3v) is 2.55. The number of hydrogen-bond acceptors (Lipinski definition) is 2. The summed E-state index contributed by atoms with van der Waals surface area (Å²) in [7, 11) is 0. The molecule has 0 spiro atoms. The number of nitrogens with zero attached hydrogens (tertiary/aromatic N) is 1. The Balaban J connectivity index is 2.50. The van der Waals surface area contributed by atoms with Gasteiger partial charge in [-0.1, -0.05) is 30.3 Å². The number of carbonyl (C=O) groups is 1. The summed E-state index contributed by atoms with van der Waals surface area (Å²) in [4.78, 5) is 15.1. The molecule has 1 heterocycles. The highest BCUT2D eigenvalue weighted by atomic mass is 16.4. The van der Waals surface area contributed by atoms with Crippen LogP contribution in [0, 0.1) is 6.92 Å². The van der Waals surface area contributed by atoms with E-state index >= 15 is 0 Å². The van der Waals surface area contributed by atoms with Crippen molar-refractivity contribution in [1.82, 2.24) is 4.98 Å². The van der Waals surface area contributed by atoms with E-state index in [4.69, 9.17) is 5.11 Å². The van der Waals surface area contributed by atoms with E-state index in [9.17, 15) is 4.79 Å². The van der Waals surface area contributed by atoms with E-state index in [0.29, 0.717) is 0 Å². The van der Waals surface area contributed by atoms with Gasteiger partial charge in [-0.25, -0.2) is 0 Å². The van der Waals surface area contributed by atoms with Gasteiger partial charge in [0.05, 0.1) is 6.42 Å². The molecule has 3 heteroatoms. The molecule has 0 aliphatic carbocycles. The van der Waals surface area contributed by atoms with Crippen molar-refractivity contribution in [3.05, 3.63) is 53.9 Å². The van der Waals surface area contributed by atoms with Crippen LogP contribution in [0.15, 0.2) is 42.6 Å². The molecule has 0 saturated carbocycles. The highest BCUT2D eigenvalue weighted by Crippen LogP contribution is 2.23. The lowest BCUT2D eigenvalue weighted by molar-refractivity contribution is -0.136. The fourth-order valence-corrected chi connectivity index (χ4v) is 1.80. The normalized spacial score (nSPS) is 10.2. The van der Waals surface area contributed by atoms with Crippen LogP contribution in [0.1, 0.15) is 11.3 Å². The van der Waals surface area contributed by atoms with Crippen molar-refractivity contribution in [3.63, 3.8) is 0 Å². The molecule has 17 heavy (non-hydrogen) atoms. The van der Waals surface area contributed by atoms with E-state index in [-0.39, 0.29) is 6.42 Å². The van der Waals surface area contributed by atoms with Gasteiger partial charge in [-0.15, -0.1) is 0 Å². The fraction of sp³-hybridized carbons (Fsp3) is 0.143. The van der Waals surface area contributed by atoms with Crippen LogP contribution in [0.5, 0.6) is 0 Å². The van der Waals surface area contributed by atoms with Crippen molar-refractivity contribution in [2.45, 2.75) is 13.3 Å². The molecule has 0 aliphatic rings. The minimum atomic E-state index is -0.826. The van der Waals surface area contributed by atoms with Gasteiger partial charge in [0.1, 0.15) is 0 Å². The molecule has 0 bridgehead atoms. The summed E-state index contributed by atoms with van der Waals surface area (Å²) in [5.74, 6) is -0.826. The van der Waals surface area contributed by atoms with Crippen molar-refractivity contribution >= 4 is 5.97 Å². The molecule has 0 radical (unpaired) electrons. The quantitative estimate of drug-likeness (QED) is 0.877. The monoisotopic (exact) mass is 227 g/mol. The van der Waals surface area contributed by atoms with Gasteiger partial charge in [-0.3, -0.25) is 9.78 Å². The van der Waals surface area contributed by atoms with Crippen molar-refractivity contribution in [3.8, 4) is 11.1 Å². The third kappa shape index (κ3) is 2.69. The van der Waals surface area contributed by atoms with E-state index in [1.54, 1.807) is 6.20 Å². The Bertz CT molecular complexity index is 535. The maximum atomic E-state index is 10.8. The summed E-state index contributed by atoms with van der Waals surface area (Å²) in [5, 5.41) is 8.91. The van der Waals surface area contributed by atoms with Crippen LogP contribution in [0.25, 0.3) is 11.1 Å². The fourth-order valence-electron chi connectivity index (χ4n) is 1.80. The van der Waals surface area contributed by atoms with Gasteiger partial charge in [0.25, 0.3) is 0 Å². The number of carboxylic acid groups (broad SMARTS) is 1. The van der Waals surface area contributed by atoms with Crippen LogP contribution in [0.2, 0.25) is 0 Å². The largest absolute Gasteiger partial charge is 0.481 e. The molecule has 0 atom stereocenters. The molecule has 0 fully saturated rings. The smallest absolute Gasteiger partial charge is 0.307 e. The van der Waals surface area contributed by atoms with Crippen LogP contribution in [0.3, 0.4) is 0 Å². The minimum absolute atomic E-state index is 0.0214. The maximum Gasteiger partial charge on any atom is 0.307 e. The summed E-state index contributed by atoms with van der Waals surface area (Å²) in [6.45, 7) is 1.86. The summed E-state index contributed by atoms with van der Waals surface area (Å²) in [5.41, 5.74) is 3.52. The van der Waals surface area contributed by atoms with E-state index in [1.165, 1.54) is 0 Å². The predicted molar refractivity (Wildman–Crippen MR) is 65.7 cm³/mol. The molecule has 1 aromatic heterocycles. The van der Waals surface area contributed by atoms with Crippen molar-refractivity contribution in [2.24, 2.45) is 0 Å². The highest BCUT2D eigenvalue weighted by molar-refractivity contribution is 5.76. The molecule has 2 aromatic rings. The predicted octanol–water partition coefficient (Wildman–Crippen LogP) is 2.68. The topological polar surface area (TPSA) is 50.2 Å². The zero-order chi connectivity index (χ0) is 12.3. The van der Waals surface area contributed by atoms with Crippen molar-refractivity contribution < 1.29 is 9.90 Å². The van der Waals surface area contributed by atoms with Gasteiger partial charge in [0.2, 0.25) is 0 Å². The molecular weight excluding hydrogens is 214 g/mol. The number of aliphatic carboxylic acids is 1. The van der Waals surface area contributed by atoms with Crippen LogP contribution in [-0.4, -0.2) is 16.1 Å². The van der Waals surface area contributed by atoms with Crippen molar-refractivity contribution in [2.75, 3.05) is 0 Å². The number of hydrogen-bond donors (Lipinski definition) is 1. The van der Waals surface area contributed by atoms with Gasteiger partial charge < -0.3 is 5.11 Å². The lowest BCUT2D eigenvalue weighted by Crippen LogP contribution is -2.03. The Morgan fingerprint density at radius 1 is 1.29 bits per heavy atom. The standard InChI is InChI=1S/C14H13NO2/c1-10-7-12(8-14(16)17)13(9-15-10)11-5-3-2-4-6-11/h2-7,9H,8H2,1H3,(H,16,17). The van der Waals surface area contributed by atoms with Gasteiger partial charge in [0.15, 0.2) is 0 Å².